The number of aromatic nitrogens is 2. The quantitative estimate of drug-likeness (QED) is 0.866. The van der Waals surface area contributed by atoms with Crippen molar-refractivity contribution in [3.63, 3.8) is 0 Å². The van der Waals surface area contributed by atoms with E-state index in [1.165, 1.54) is 0 Å². The number of aromatic amines is 1. The fourth-order valence-electron chi connectivity index (χ4n) is 1.70. The van der Waals surface area contributed by atoms with Crippen molar-refractivity contribution in [3.05, 3.63) is 56.5 Å². The van der Waals surface area contributed by atoms with Gasteiger partial charge in [0.2, 0.25) is 11.7 Å². The van der Waals surface area contributed by atoms with Gasteiger partial charge in [0.25, 0.3) is 5.56 Å². The third kappa shape index (κ3) is 2.87. The lowest BCUT2D eigenvalue weighted by molar-refractivity contribution is 0.275. The van der Waals surface area contributed by atoms with Crippen LogP contribution >= 0.6 is 0 Å². The van der Waals surface area contributed by atoms with Crippen LogP contribution in [0.5, 0.6) is 11.6 Å². The Morgan fingerprint density at radius 1 is 1.40 bits per heavy atom. The Bertz CT molecular complexity index is 736. The van der Waals surface area contributed by atoms with E-state index >= 15 is 0 Å². The van der Waals surface area contributed by atoms with E-state index in [0.29, 0.717) is 10.3 Å². The molecule has 0 aliphatic carbocycles. The maximum atomic E-state index is 13.2. The Hall–Kier alpha value is -2.57. The zero-order chi connectivity index (χ0) is 14.7. The summed E-state index contributed by atoms with van der Waals surface area (Å²) in [5.41, 5.74) is -1.12. The summed E-state index contributed by atoms with van der Waals surface area (Å²) in [4.78, 5) is 24.1. The fraction of sp³-hybridized carbons (Fsp3) is 0.231. The second-order valence-electron chi connectivity index (χ2n) is 4.21. The molecule has 1 heterocycles. The zero-order valence-corrected chi connectivity index (χ0v) is 10.7. The molecule has 0 radical (unpaired) electrons. The Morgan fingerprint density at radius 3 is 2.85 bits per heavy atom. The fourth-order valence-corrected chi connectivity index (χ4v) is 1.70. The molecule has 6 nitrogen and oxygen atoms in total. The highest BCUT2D eigenvalue weighted by Crippen LogP contribution is 2.13. The first kappa shape index (κ1) is 13.9. The van der Waals surface area contributed by atoms with E-state index < -0.39 is 22.9 Å². The SMILES string of the molecule is Cc1cccc(OCCn2c(O)c(F)c(=O)[nH]c2=O)c1. The van der Waals surface area contributed by atoms with Crippen LogP contribution < -0.4 is 16.0 Å². The molecule has 0 atom stereocenters. The number of benzene rings is 1. The topological polar surface area (TPSA) is 84.3 Å². The van der Waals surface area contributed by atoms with Crippen LogP contribution in [0, 0.1) is 12.7 Å². The molecule has 106 valence electrons. The zero-order valence-electron chi connectivity index (χ0n) is 10.7. The van der Waals surface area contributed by atoms with Crippen molar-refractivity contribution in [2.45, 2.75) is 13.5 Å². The van der Waals surface area contributed by atoms with Crippen molar-refractivity contribution in [3.8, 4) is 11.6 Å². The van der Waals surface area contributed by atoms with Gasteiger partial charge in [-0.2, -0.15) is 4.39 Å². The van der Waals surface area contributed by atoms with E-state index in [4.69, 9.17) is 4.74 Å². The van der Waals surface area contributed by atoms with Crippen LogP contribution in [-0.4, -0.2) is 21.3 Å². The first-order valence-corrected chi connectivity index (χ1v) is 5.90. The molecule has 2 N–H and O–H groups in total. The largest absolute Gasteiger partial charge is 0.492 e. The molecule has 2 aromatic rings. The van der Waals surface area contributed by atoms with Gasteiger partial charge in [0.05, 0.1) is 6.54 Å². The van der Waals surface area contributed by atoms with E-state index in [1.807, 2.05) is 19.1 Å². The Kier molecular flexibility index (Phi) is 3.88. The second kappa shape index (κ2) is 5.60. The van der Waals surface area contributed by atoms with Gasteiger partial charge in [0.1, 0.15) is 12.4 Å². The Morgan fingerprint density at radius 2 is 2.15 bits per heavy atom. The normalized spacial score (nSPS) is 10.5. The molecule has 7 heteroatoms. The monoisotopic (exact) mass is 280 g/mol. The average Bonchev–Trinajstić information content (AvgIpc) is 2.40. The molecule has 2 rings (SSSR count). The summed E-state index contributed by atoms with van der Waals surface area (Å²) in [6.45, 7) is 1.86. The number of hydrogen-bond donors (Lipinski definition) is 2. The molecule has 0 amide bonds. The van der Waals surface area contributed by atoms with Crippen molar-refractivity contribution in [2.75, 3.05) is 6.61 Å². The molecular formula is C13H13FN2O4. The number of rotatable bonds is 4. The first-order valence-electron chi connectivity index (χ1n) is 5.90. The number of nitrogens with one attached hydrogen (secondary N) is 1. The van der Waals surface area contributed by atoms with Crippen LogP contribution in [0.25, 0.3) is 0 Å². The van der Waals surface area contributed by atoms with Crippen LogP contribution in [0.2, 0.25) is 0 Å². The summed E-state index contributed by atoms with van der Waals surface area (Å²) in [6.07, 6.45) is 0. The maximum absolute atomic E-state index is 13.2. The number of aryl methyl sites for hydroxylation is 1. The summed E-state index contributed by atoms with van der Waals surface area (Å²) >= 11 is 0. The lowest BCUT2D eigenvalue weighted by atomic mass is 10.2. The highest BCUT2D eigenvalue weighted by atomic mass is 19.1. The molecule has 1 aromatic heterocycles. The lowest BCUT2D eigenvalue weighted by Crippen LogP contribution is -2.33. The molecular weight excluding hydrogens is 267 g/mol. The minimum Gasteiger partial charge on any atom is -0.492 e. The molecule has 0 aliphatic rings. The van der Waals surface area contributed by atoms with E-state index in [-0.39, 0.29) is 13.2 Å². The third-order valence-corrected chi connectivity index (χ3v) is 2.69. The molecule has 20 heavy (non-hydrogen) atoms. The Balaban J connectivity index is 2.11. The van der Waals surface area contributed by atoms with Crippen LogP contribution in [0.4, 0.5) is 4.39 Å². The van der Waals surface area contributed by atoms with E-state index in [2.05, 4.69) is 0 Å². The number of aromatic hydroxyl groups is 1. The molecule has 0 bridgehead atoms. The molecule has 0 aliphatic heterocycles. The van der Waals surface area contributed by atoms with Crippen LogP contribution in [0.1, 0.15) is 5.56 Å². The maximum Gasteiger partial charge on any atom is 0.331 e. The summed E-state index contributed by atoms with van der Waals surface area (Å²) < 4.78 is 19.3. The molecule has 0 unspecified atom stereocenters. The minimum absolute atomic E-state index is 0.0441. The lowest BCUT2D eigenvalue weighted by Gasteiger charge is -2.10. The van der Waals surface area contributed by atoms with Gasteiger partial charge < -0.3 is 9.84 Å². The van der Waals surface area contributed by atoms with Crippen molar-refractivity contribution in [1.82, 2.24) is 9.55 Å². The van der Waals surface area contributed by atoms with Gasteiger partial charge in [-0.25, -0.2) is 4.79 Å². The predicted octanol–water partition coefficient (Wildman–Crippen LogP) is 0.769. The van der Waals surface area contributed by atoms with Gasteiger partial charge in [0.15, 0.2) is 0 Å². The van der Waals surface area contributed by atoms with Crippen molar-refractivity contribution >= 4 is 0 Å². The van der Waals surface area contributed by atoms with Crippen molar-refractivity contribution in [1.29, 1.82) is 0 Å². The second-order valence-corrected chi connectivity index (χ2v) is 4.21. The number of nitrogens with zero attached hydrogens (tertiary/aromatic N) is 1. The first-order chi connectivity index (χ1) is 9.49. The van der Waals surface area contributed by atoms with Gasteiger partial charge >= 0.3 is 5.69 Å². The van der Waals surface area contributed by atoms with Gasteiger partial charge in [-0.15, -0.1) is 0 Å². The average molecular weight is 280 g/mol. The molecule has 0 saturated carbocycles. The van der Waals surface area contributed by atoms with E-state index in [1.54, 1.807) is 17.1 Å². The van der Waals surface area contributed by atoms with Crippen LogP contribution in [0.3, 0.4) is 0 Å². The summed E-state index contributed by atoms with van der Waals surface area (Å²) in [5, 5.41) is 9.41. The van der Waals surface area contributed by atoms with Crippen LogP contribution in [-0.2, 0) is 6.54 Å². The smallest absolute Gasteiger partial charge is 0.331 e. The summed E-state index contributed by atoms with van der Waals surface area (Å²) in [5.74, 6) is -1.78. The van der Waals surface area contributed by atoms with Gasteiger partial charge in [-0.05, 0) is 24.6 Å². The highest BCUT2D eigenvalue weighted by molar-refractivity contribution is 5.27. The molecule has 1 aromatic carbocycles. The van der Waals surface area contributed by atoms with E-state index in [9.17, 15) is 19.1 Å². The molecule has 0 saturated heterocycles. The predicted molar refractivity (Wildman–Crippen MR) is 69.6 cm³/mol. The summed E-state index contributed by atoms with van der Waals surface area (Å²) in [6, 6.07) is 7.26. The third-order valence-electron chi connectivity index (χ3n) is 2.69. The number of ether oxygens (including phenoxy) is 1. The number of halogens is 1. The molecule has 0 spiro atoms. The highest BCUT2D eigenvalue weighted by Gasteiger charge is 2.13. The van der Waals surface area contributed by atoms with Crippen molar-refractivity contribution in [2.24, 2.45) is 0 Å². The summed E-state index contributed by atoms with van der Waals surface area (Å²) in [7, 11) is 0. The van der Waals surface area contributed by atoms with Crippen molar-refractivity contribution < 1.29 is 14.2 Å². The number of hydrogen-bond acceptors (Lipinski definition) is 4. The van der Waals surface area contributed by atoms with Gasteiger partial charge in [-0.3, -0.25) is 14.3 Å². The van der Waals surface area contributed by atoms with Crippen LogP contribution in [0.15, 0.2) is 33.9 Å². The Labute approximate surface area is 113 Å². The minimum atomic E-state index is -1.39. The number of H-pyrrole nitrogens is 1. The van der Waals surface area contributed by atoms with E-state index in [0.717, 1.165) is 5.56 Å². The molecule has 0 fully saturated rings. The van der Waals surface area contributed by atoms with Gasteiger partial charge in [-0.1, -0.05) is 12.1 Å². The standard InChI is InChI=1S/C13H13FN2O4/c1-8-3-2-4-9(7-8)20-6-5-16-12(18)10(14)11(17)15-13(16)19/h2-4,7,18H,5-6H2,1H3,(H,15,17,19). The van der Waals surface area contributed by atoms with Gasteiger partial charge in [0, 0.05) is 0 Å².